The average molecular weight is 559 g/mol. The van der Waals surface area contributed by atoms with Crippen LogP contribution in [-0.2, 0) is 24.3 Å². The first kappa shape index (κ1) is 29.1. The van der Waals surface area contributed by atoms with Gasteiger partial charge in [0.25, 0.3) is 15.9 Å². The summed E-state index contributed by atoms with van der Waals surface area (Å²) in [4.78, 5) is 24.4. The van der Waals surface area contributed by atoms with Crippen LogP contribution in [0, 0.1) is 0 Å². The Bertz CT molecular complexity index is 1380. The number of carbonyl (C=O) groups is 2. The summed E-state index contributed by atoms with van der Waals surface area (Å²) < 4.78 is 53.1. The Morgan fingerprint density at radius 3 is 2.05 bits per heavy atom. The van der Waals surface area contributed by atoms with E-state index < -0.39 is 35.1 Å². The summed E-state index contributed by atoms with van der Waals surface area (Å²) in [6.45, 7) is 1.34. The van der Waals surface area contributed by atoms with Gasteiger partial charge in [-0.2, -0.15) is 0 Å². The second kappa shape index (κ2) is 13.4. The predicted octanol–water partition coefficient (Wildman–Crippen LogP) is 3.49. The number of sulfonamides is 1. The standard InChI is InChI=1S/C27H30N2O9S/c1-5-36-20-10-13-23(14-11-20)39(32,33)29(2)19-6-8-21(9-7-19)37-18-27(31)38-17-26(30)28-24-16-22(34-3)12-15-25(24)35-4/h6-16H,5,17-18H2,1-4H3,(H,28,30). The molecular formula is C27H30N2O9S. The Hall–Kier alpha value is -4.45. The third-order valence-corrected chi connectivity index (χ3v) is 7.19. The zero-order valence-electron chi connectivity index (χ0n) is 22.0. The summed E-state index contributed by atoms with van der Waals surface area (Å²) in [5, 5.41) is 2.59. The highest BCUT2D eigenvalue weighted by atomic mass is 32.2. The molecule has 39 heavy (non-hydrogen) atoms. The molecule has 0 aliphatic carbocycles. The molecule has 0 saturated carbocycles. The van der Waals surface area contributed by atoms with E-state index in [9.17, 15) is 18.0 Å². The number of hydrogen-bond donors (Lipinski definition) is 1. The molecule has 1 N–H and O–H groups in total. The maximum absolute atomic E-state index is 13.0. The lowest BCUT2D eigenvalue weighted by molar-refractivity contribution is -0.149. The smallest absolute Gasteiger partial charge is 0.344 e. The van der Waals surface area contributed by atoms with Crippen LogP contribution in [0.15, 0.2) is 71.6 Å². The van der Waals surface area contributed by atoms with E-state index in [4.69, 9.17) is 23.7 Å². The molecule has 0 aromatic heterocycles. The highest BCUT2D eigenvalue weighted by Gasteiger charge is 2.21. The molecule has 3 rings (SSSR count). The van der Waals surface area contributed by atoms with Gasteiger partial charge in [-0.1, -0.05) is 0 Å². The van der Waals surface area contributed by atoms with Crippen LogP contribution in [0.1, 0.15) is 6.92 Å². The summed E-state index contributed by atoms with van der Waals surface area (Å²) in [6, 6.07) is 17.2. The summed E-state index contributed by atoms with van der Waals surface area (Å²) in [5.74, 6) is 0.491. The first-order valence-corrected chi connectivity index (χ1v) is 13.2. The van der Waals surface area contributed by atoms with Crippen molar-refractivity contribution in [1.82, 2.24) is 0 Å². The molecule has 208 valence electrons. The largest absolute Gasteiger partial charge is 0.497 e. The van der Waals surface area contributed by atoms with Gasteiger partial charge in [0, 0.05) is 13.1 Å². The topological polar surface area (TPSA) is 130 Å². The lowest BCUT2D eigenvalue weighted by atomic mass is 10.2. The van der Waals surface area contributed by atoms with Crippen LogP contribution >= 0.6 is 0 Å². The molecule has 0 saturated heterocycles. The molecule has 0 fully saturated rings. The van der Waals surface area contributed by atoms with Gasteiger partial charge in [-0.3, -0.25) is 9.10 Å². The molecule has 3 aromatic carbocycles. The first-order valence-electron chi connectivity index (χ1n) is 11.8. The molecule has 0 spiro atoms. The van der Waals surface area contributed by atoms with Gasteiger partial charge in [0.15, 0.2) is 13.2 Å². The van der Waals surface area contributed by atoms with E-state index in [0.717, 1.165) is 4.31 Å². The number of esters is 1. The van der Waals surface area contributed by atoms with Gasteiger partial charge in [-0.25, -0.2) is 13.2 Å². The fraction of sp³-hybridized carbons (Fsp3) is 0.259. The highest BCUT2D eigenvalue weighted by molar-refractivity contribution is 7.92. The predicted molar refractivity (Wildman–Crippen MR) is 144 cm³/mol. The number of rotatable bonds is 13. The van der Waals surface area contributed by atoms with Crippen molar-refractivity contribution in [3.05, 3.63) is 66.7 Å². The fourth-order valence-electron chi connectivity index (χ4n) is 3.35. The number of nitrogens with one attached hydrogen (secondary N) is 1. The van der Waals surface area contributed by atoms with Crippen molar-refractivity contribution in [3.8, 4) is 23.0 Å². The number of anilines is 2. The van der Waals surface area contributed by atoms with Crippen LogP contribution in [0.2, 0.25) is 0 Å². The molecule has 3 aromatic rings. The van der Waals surface area contributed by atoms with Crippen molar-refractivity contribution in [2.24, 2.45) is 0 Å². The molecule has 1 amide bonds. The third kappa shape index (κ3) is 7.77. The maximum atomic E-state index is 13.0. The van der Waals surface area contributed by atoms with Gasteiger partial charge in [-0.05, 0) is 67.6 Å². The summed E-state index contributed by atoms with van der Waals surface area (Å²) in [7, 11) is 0.588. The van der Waals surface area contributed by atoms with Crippen LogP contribution in [0.5, 0.6) is 23.0 Å². The Kier molecular flexibility index (Phi) is 9.98. The SMILES string of the molecule is CCOc1ccc(S(=O)(=O)N(C)c2ccc(OCC(=O)OCC(=O)Nc3cc(OC)ccc3OC)cc2)cc1. The number of ether oxygens (including phenoxy) is 5. The molecule has 11 nitrogen and oxygen atoms in total. The van der Waals surface area contributed by atoms with Gasteiger partial charge in [-0.15, -0.1) is 0 Å². The Morgan fingerprint density at radius 1 is 0.821 bits per heavy atom. The van der Waals surface area contributed by atoms with E-state index >= 15 is 0 Å². The summed E-state index contributed by atoms with van der Waals surface area (Å²) in [5.41, 5.74) is 0.757. The van der Waals surface area contributed by atoms with Crippen LogP contribution < -0.4 is 28.6 Å². The minimum Gasteiger partial charge on any atom is -0.497 e. The molecule has 0 bridgehead atoms. The summed E-state index contributed by atoms with van der Waals surface area (Å²) >= 11 is 0. The van der Waals surface area contributed by atoms with Crippen LogP contribution in [-0.4, -0.2) is 61.4 Å². The molecule has 12 heteroatoms. The average Bonchev–Trinajstić information content (AvgIpc) is 2.95. The Balaban J connectivity index is 1.50. The van der Waals surface area contributed by atoms with Crippen molar-refractivity contribution in [2.75, 3.05) is 50.7 Å². The minimum atomic E-state index is -3.80. The van der Waals surface area contributed by atoms with E-state index in [2.05, 4.69) is 5.32 Å². The molecule has 0 unspecified atom stereocenters. The Labute approximate surface area is 227 Å². The highest BCUT2D eigenvalue weighted by Crippen LogP contribution is 2.29. The lowest BCUT2D eigenvalue weighted by Gasteiger charge is -2.20. The number of hydrogen-bond acceptors (Lipinski definition) is 9. The molecule has 0 atom stereocenters. The third-order valence-electron chi connectivity index (χ3n) is 5.40. The number of carbonyl (C=O) groups excluding carboxylic acids is 2. The van der Waals surface area contributed by atoms with Crippen molar-refractivity contribution < 1.29 is 41.7 Å². The number of benzene rings is 3. The van der Waals surface area contributed by atoms with E-state index in [1.807, 2.05) is 6.92 Å². The zero-order valence-corrected chi connectivity index (χ0v) is 22.8. The number of nitrogens with zero attached hydrogens (tertiary/aromatic N) is 1. The van der Waals surface area contributed by atoms with Crippen LogP contribution in [0.25, 0.3) is 0 Å². The molecule has 0 radical (unpaired) electrons. The normalized spacial score (nSPS) is 10.8. The number of amides is 1. The summed E-state index contributed by atoms with van der Waals surface area (Å²) in [6.07, 6.45) is 0. The molecule has 0 aliphatic heterocycles. The molecular weight excluding hydrogens is 528 g/mol. The van der Waals surface area contributed by atoms with Crippen molar-refractivity contribution in [2.45, 2.75) is 11.8 Å². The maximum Gasteiger partial charge on any atom is 0.344 e. The first-order chi connectivity index (χ1) is 18.7. The quantitative estimate of drug-likeness (QED) is 0.313. The minimum absolute atomic E-state index is 0.116. The van der Waals surface area contributed by atoms with Crippen LogP contribution in [0.3, 0.4) is 0 Å². The number of methoxy groups -OCH3 is 2. The van der Waals surface area contributed by atoms with E-state index in [-0.39, 0.29) is 4.90 Å². The van der Waals surface area contributed by atoms with Crippen molar-refractivity contribution in [3.63, 3.8) is 0 Å². The van der Waals surface area contributed by atoms with Gasteiger partial charge in [0.1, 0.15) is 23.0 Å². The van der Waals surface area contributed by atoms with Gasteiger partial charge >= 0.3 is 5.97 Å². The Morgan fingerprint density at radius 2 is 1.44 bits per heavy atom. The van der Waals surface area contributed by atoms with Gasteiger partial charge in [0.05, 0.1) is 37.1 Å². The monoisotopic (exact) mass is 558 g/mol. The van der Waals surface area contributed by atoms with E-state index in [1.165, 1.54) is 45.5 Å². The van der Waals surface area contributed by atoms with E-state index in [0.29, 0.717) is 41.0 Å². The van der Waals surface area contributed by atoms with Crippen LogP contribution in [0.4, 0.5) is 11.4 Å². The zero-order chi connectivity index (χ0) is 28.4. The fourth-order valence-corrected chi connectivity index (χ4v) is 4.55. The van der Waals surface area contributed by atoms with Crippen molar-refractivity contribution >= 4 is 33.3 Å². The van der Waals surface area contributed by atoms with E-state index in [1.54, 1.807) is 42.5 Å². The van der Waals surface area contributed by atoms with Gasteiger partial charge in [0.2, 0.25) is 0 Å². The second-order valence-corrected chi connectivity index (χ2v) is 9.90. The lowest BCUT2D eigenvalue weighted by Crippen LogP contribution is -2.26. The van der Waals surface area contributed by atoms with Gasteiger partial charge < -0.3 is 29.0 Å². The second-order valence-electron chi connectivity index (χ2n) is 7.93. The molecule has 0 aliphatic rings. The van der Waals surface area contributed by atoms with Crippen molar-refractivity contribution in [1.29, 1.82) is 0 Å². The molecule has 0 heterocycles.